The number of carbonyl (C=O) groups excluding carboxylic acids is 2. The average molecular weight is 404 g/mol. The Hall–Kier alpha value is -3.45. The van der Waals surface area contributed by atoms with E-state index in [1.165, 1.54) is 0 Å². The number of hydrogen-bond acceptors (Lipinski definition) is 5. The molecule has 3 heterocycles. The van der Waals surface area contributed by atoms with E-state index in [4.69, 9.17) is 0 Å². The lowest BCUT2D eigenvalue weighted by Gasteiger charge is -2.26. The molecule has 2 aromatic heterocycles. The van der Waals surface area contributed by atoms with E-state index in [9.17, 15) is 14.7 Å². The number of aryl methyl sites for hydroxylation is 1. The molecule has 3 aromatic rings. The molecule has 7 heteroatoms. The number of amides is 1. The smallest absolute Gasteiger partial charge is 0.295 e. The van der Waals surface area contributed by atoms with Crippen LogP contribution in [0.5, 0.6) is 0 Å². The van der Waals surface area contributed by atoms with Crippen LogP contribution in [0.1, 0.15) is 23.0 Å². The highest BCUT2D eigenvalue weighted by Gasteiger charge is 2.46. The van der Waals surface area contributed by atoms with Gasteiger partial charge in [-0.15, -0.1) is 0 Å². The minimum Gasteiger partial charge on any atom is -0.505 e. The molecule has 1 amide bonds. The zero-order valence-electron chi connectivity index (χ0n) is 17.2. The zero-order chi connectivity index (χ0) is 21.4. The van der Waals surface area contributed by atoms with Crippen LogP contribution in [0.3, 0.4) is 0 Å². The number of aromatic nitrogens is 2. The summed E-state index contributed by atoms with van der Waals surface area (Å²) >= 11 is 0. The van der Waals surface area contributed by atoms with E-state index < -0.39 is 17.7 Å². The summed E-state index contributed by atoms with van der Waals surface area (Å²) in [7, 11) is 3.83. The second kappa shape index (κ2) is 7.76. The number of fused-ring (bicyclic) bond motifs is 1. The summed E-state index contributed by atoms with van der Waals surface area (Å²) in [5, 5.41) is 11.3. The molecule has 30 heavy (non-hydrogen) atoms. The van der Waals surface area contributed by atoms with Crippen molar-refractivity contribution >= 4 is 23.1 Å². The number of likely N-dealkylation sites (tertiary alicyclic amines) is 1. The second-order valence-electron chi connectivity index (χ2n) is 7.68. The third-order valence-corrected chi connectivity index (χ3v) is 5.37. The fraction of sp³-hybridized carbons (Fsp3) is 0.261. The number of ketones is 1. The molecule has 154 valence electrons. The Bertz CT molecular complexity index is 1150. The number of likely N-dealkylation sites (N-methyl/N-ethyl adjacent to an activating group) is 1. The summed E-state index contributed by atoms with van der Waals surface area (Å²) in [5.41, 5.74) is 2.55. The summed E-state index contributed by atoms with van der Waals surface area (Å²) in [5.74, 6) is -1.48. The first-order valence-corrected chi connectivity index (χ1v) is 9.82. The van der Waals surface area contributed by atoms with Gasteiger partial charge in [0.2, 0.25) is 0 Å². The van der Waals surface area contributed by atoms with Gasteiger partial charge in [0.15, 0.2) is 5.76 Å². The molecule has 1 aliphatic heterocycles. The molecular weight excluding hydrogens is 380 g/mol. The van der Waals surface area contributed by atoms with Gasteiger partial charge in [-0.3, -0.25) is 14.0 Å². The monoisotopic (exact) mass is 404 g/mol. The lowest BCUT2D eigenvalue weighted by atomic mass is 9.96. The maximum atomic E-state index is 13.1. The van der Waals surface area contributed by atoms with Gasteiger partial charge in [-0.1, -0.05) is 36.4 Å². The van der Waals surface area contributed by atoms with Crippen molar-refractivity contribution in [2.45, 2.75) is 13.0 Å². The van der Waals surface area contributed by atoms with E-state index in [1.54, 1.807) is 22.4 Å². The number of nitrogens with zero attached hydrogens (tertiary/aromatic N) is 4. The van der Waals surface area contributed by atoms with Crippen LogP contribution in [0.4, 0.5) is 0 Å². The Morgan fingerprint density at radius 1 is 1.10 bits per heavy atom. The van der Waals surface area contributed by atoms with Gasteiger partial charge in [-0.2, -0.15) is 0 Å². The average Bonchev–Trinajstić information content (AvgIpc) is 3.20. The van der Waals surface area contributed by atoms with E-state index in [2.05, 4.69) is 4.98 Å². The molecule has 4 rings (SSSR count). The molecule has 7 nitrogen and oxygen atoms in total. The maximum absolute atomic E-state index is 13.1. The first-order chi connectivity index (χ1) is 14.4. The van der Waals surface area contributed by atoms with Crippen LogP contribution in [0.2, 0.25) is 0 Å². The summed E-state index contributed by atoms with van der Waals surface area (Å²) < 4.78 is 1.74. The van der Waals surface area contributed by atoms with Crippen molar-refractivity contribution in [2.75, 3.05) is 27.2 Å². The predicted molar refractivity (Wildman–Crippen MR) is 114 cm³/mol. The van der Waals surface area contributed by atoms with Gasteiger partial charge < -0.3 is 14.9 Å². The number of aliphatic hydroxyl groups excluding tert-OH is 1. The number of benzene rings is 1. The third-order valence-electron chi connectivity index (χ3n) is 5.37. The highest BCUT2D eigenvalue weighted by atomic mass is 16.3. The molecular formula is C23H24N4O3. The normalized spacial score (nSPS) is 18.7. The molecule has 1 N–H and O–H groups in total. The van der Waals surface area contributed by atoms with Crippen molar-refractivity contribution < 1.29 is 14.7 Å². The first-order valence-electron chi connectivity index (χ1n) is 9.82. The number of hydrogen-bond donors (Lipinski definition) is 1. The first kappa shape index (κ1) is 19.8. The number of carbonyl (C=O) groups is 2. The van der Waals surface area contributed by atoms with Crippen molar-refractivity contribution in [1.82, 2.24) is 19.2 Å². The van der Waals surface area contributed by atoms with Crippen LogP contribution >= 0.6 is 0 Å². The Morgan fingerprint density at radius 2 is 1.80 bits per heavy atom. The highest BCUT2D eigenvalue weighted by Crippen LogP contribution is 2.39. The van der Waals surface area contributed by atoms with Crippen LogP contribution in [-0.4, -0.2) is 63.2 Å². The molecule has 0 aliphatic carbocycles. The van der Waals surface area contributed by atoms with Crippen molar-refractivity contribution in [3.63, 3.8) is 0 Å². The van der Waals surface area contributed by atoms with E-state index >= 15 is 0 Å². The van der Waals surface area contributed by atoms with Crippen molar-refractivity contribution in [2.24, 2.45) is 0 Å². The fourth-order valence-corrected chi connectivity index (χ4v) is 3.93. The SMILES string of the molecule is Cc1nc2ccccn2c1C(O)=C1C(=O)C(=O)N(CCN(C)C)[C@@H]1c1ccccc1. The number of imidazole rings is 1. The highest BCUT2D eigenvalue weighted by molar-refractivity contribution is 6.46. The van der Waals surface area contributed by atoms with Crippen LogP contribution < -0.4 is 0 Å². The second-order valence-corrected chi connectivity index (χ2v) is 7.68. The standard InChI is InChI=1S/C23H24N4O3/c1-15-19(26-12-8-7-11-17(26)24-15)21(28)18-20(16-9-5-4-6-10-16)27(14-13-25(2)3)23(30)22(18)29/h4-12,20,28H,13-14H2,1-3H3/t20-/m1/s1. The molecule has 0 radical (unpaired) electrons. The van der Waals surface area contributed by atoms with Crippen LogP contribution in [0.25, 0.3) is 11.4 Å². The summed E-state index contributed by atoms with van der Waals surface area (Å²) in [4.78, 5) is 34.0. The molecule has 0 bridgehead atoms. The number of pyridine rings is 1. The fourth-order valence-electron chi connectivity index (χ4n) is 3.93. The molecule has 1 aliphatic rings. The molecule has 0 saturated carbocycles. The summed E-state index contributed by atoms with van der Waals surface area (Å²) in [6, 6.07) is 14.2. The van der Waals surface area contributed by atoms with E-state index in [1.807, 2.05) is 67.5 Å². The number of aliphatic hydroxyl groups is 1. The molecule has 0 spiro atoms. The van der Waals surface area contributed by atoms with Crippen molar-refractivity contribution in [1.29, 1.82) is 0 Å². The molecule has 0 unspecified atom stereocenters. The lowest BCUT2D eigenvalue weighted by Crippen LogP contribution is -2.35. The van der Waals surface area contributed by atoms with Crippen molar-refractivity contribution in [3.05, 3.63) is 77.3 Å². The van der Waals surface area contributed by atoms with E-state index in [-0.39, 0.29) is 11.3 Å². The Balaban J connectivity index is 1.92. The van der Waals surface area contributed by atoms with Gasteiger partial charge in [0.05, 0.1) is 17.3 Å². The third kappa shape index (κ3) is 3.27. The zero-order valence-corrected chi connectivity index (χ0v) is 17.2. The van der Waals surface area contributed by atoms with E-state index in [0.29, 0.717) is 30.1 Å². The van der Waals surface area contributed by atoms with Crippen LogP contribution in [0, 0.1) is 6.92 Å². The minimum atomic E-state index is -0.676. The van der Waals surface area contributed by atoms with E-state index in [0.717, 1.165) is 5.56 Å². The topological polar surface area (TPSA) is 78.1 Å². The van der Waals surface area contributed by atoms with Gasteiger partial charge in [-0.25, -0.2) is 4.98 Å². The molecule has 1 atom stereocenters. The van der Waals surface area contributed by atoms with Crippen molar-refractivity contribution in [3.8, 4) is 0 Å². The van der Waals surface area contributed by atoms with Gasteiger partial charge in [0.25, 0.3) is 11.7 Å². The largest absolute Gasteiger partial charge is 0.505 e. The number of rotatable bonds is 5. The Labute approximate surface area is 174 Å². The molecule has 1 aromatic carbocycles. The van der Waals surface area contributed by atoms with Gasteiger partial charge in [-0.05, 0) is 38.7 Å². The van der Waals surface area contributed by atoms with Gasteiger partial charge in [0.1, 0.15) is 11.3 Å². The Morgan fingerprint density at radius 3 is 2.50 bits per heavy atom. The summed E-state index contributed by atoms with van der Waals surface area (Å²) in [6.45, 7) is 2.76. The number of Topliss-reactive ketones (excluding diaryl/α,β-unsaturated/α-hetero) is 1. The quantitative estimate of drug-likeness (QED) is 0.402. The van der Waals surface area contributed by atoms with Crippen LogP contribution in [-0.2, 0) is 9.59 Å². The van der Waals surface area contributed by atoms with Crippen LogP contribution in [0.15, 0.2) is 60.3 Å². The lowest BCUT2D eigenvalue weighted by molar-refractivity contribution is -0.140. The Kier molecular flexibility index (Phi) is 5.13. The maximum Gasteiger partial charge on any atom is 0.295 e. The minimum absolute atomic E-state index is 0.0960. The van der Waals surface area contributed by atoms with Gasteiger partial charge >= 0.3 is 0 Å². The molecule has 1 fully saturated rings. The molecule has 1 saturated heterocycles. The predicted octanol–water partition coefficient (Wildman–Crippen LogP) is 2.63. The summed E-state index contributed by atoms with van der Waals surface area (Å²) in [6.07, 6.45) is 1.78. The van der Waals surface area contributed by atoms with Gasteiger partial charge in [0, 0.05) is 19.3 Å².